The maximum absolute atomic E-state index is 10.9. The Kier molecular flexibility index (Phi) is 3.04. The zero-order valence-electron chi connectivity index (χ0n) is 7.71. The van der Waals surface area contributed by atoms with E-state index in [0.717, 1.165) is 11.3 Å². The summed E-state index contributed by atoms with van der Waals surface area (Å²) in [6, 6.07) is 0. The second-order valence-electron chi connectivity index (χ2n) is 2.83. The van der Waals surface area contributed by atoms with Gasteiger partial charge >= 0.3 is 0 Å². The van der Waals surface area contributed by atoms with Crippen molar-refractivity contribution in [1.82, 2.24) is 10.2 Å². The van der Waals surface area contributed by atoms with Crippen LogP contribution in [0.15, 0.2) is 0 Å². The first-order valence-electron chi connectivity index (χ1n) is 3.60. The third-order valence-corrected chi connectivity index (χ3v) is 3.66. The van der Waals surface area contributed by atoms with Crippen molar-refractivity contribution >= 4 is 26.5 Å². The molecular weight excluding hydrogens is 226 g/mol. The molecule has 0 radical (unpaired) electrons. The van der Waals surface area contributed by atoms with E-state index in [2.05, 4.69) is 10.2 Å². The Hall–Kier alpha value is -0.770. The van der Waals surface area contributed by atoms with Gasteiger partial charge in [0.1, 0.15) is 0 Å². The Morgan fingerprint density at radius 1 is 1.43 bits per heavy atom. The minimum absolute atomic E-state index is 0.191. The van der Waals surface area contributed by atoms with E-state index >= 15 is 0 Å². The molecule has 0 fully saturated rings. The van der Waals surface area contributed by atoms with E-state index < -0.39 is 15.4 Å². The van der Waals surface area contributed by atoms with Gasteiger partial charge in [-0.25, -0.2) is 13.6 Å². The third kappa shape index (κ3) is 2.38. The summed E-state index contributed by atoms with van der Waals surface area (Å²) in [6.45, 7) is 0. The minimum Gasteiger partial charge on any atom is -0.353 e. The van der Waals surface area contributed by atoms with Gasteiger partial charge in [0.25, 0.3) is 0 Å². The fourth-order valence-corrected chi connectivity index (χ4v) is 2.19. The maximum Gasteiger partial charge on any atom is 0.231 e. The van der Waals surface area contributed by atoms with Gasteiger partial charge in [0, 0.05) is 14.1 Å². The first kappa shape index (κ1) is 11.3. The second-order valence-corrected chi connectivity index (χ2v) is 5.50. The van der Waals surface area contributed by atoms with Crippen molar-refractivity contribution in [2.45, 2.75) is 5.37 Å². The molecule has 1 atom stereocenters. The number of anilines is 1. The monoisotopic (exact) mass is 237 g/mol. The summed E-state index contributed by atoms with van der Waals surface area (Å²) in [5, 5.41) is 11.7. The molecule has 7 nitrogen and oxygen atoms in total. The highest BCUT2D eigenvalue weighted by molar-refractivity contribution is 7.89. The highest BCUT2D eigenvalue weighted by atomic mass is 32.2. The van der Waals surface area contributed by atoms with Crippen LogP contribution in [0, 0.1) is 0 Å². The van der Waals surface area contributed by atoms with Crippen molar-refractivity contribution in [2.75, 3.05) is 19.0 Å². The molecule has 0 aliphatic carbocycles. The number of hydrogen-bond donors (Lipinski definition) is 2. The van der Waals surface area contributed by atoms with Crippen LogP contribution in [-0.4, -0.2) is 32.7 Å². The Bertz CT molecular complexity index is 412. The van der Waals surface area contributed by atoms with Crippen LogP contribution in [0.25, 0.3) is 0 Å². The van der Waals surface area contributed by atoms with Gasteiger partial charge in [0.15, 0.2) is 10.4 Å². The standard InChI is InChI=1S/C5H11N5O2S2/c1-10(2)5-9-8-4(13-5)3(6)14(7,11)12/h3H,6H2,1-2H3,(H2,7,11,12)/t3-/m1/s1. The number of primary sulfonamides is 1. The molecule has 0 aromatic carbocycles. The molecule has 9 heteroatoms. The number of rotatable bonds is 3. The molecule has 0 amide bonds. The largest absolute Gasteiger partial charge is 0.353 e. The molecule has 1 aromatic heterocycles. The zero-order valence-corrected chi connectivity index (χ0v) is 9.34. The van der Waals surface area contributed by atoms with Crippen LogP contribution in [0.1, 0.15) is 10.4 Å². The molecule has 0 spiro atoms. The number of nitrogens with two attached hydrogens (primary N) is 2. The van der Waals surface area contributed by atoms with Crippen LogP contribution in [0.3, 0.4) is 0 Å². The van der Waals surface area contributed by atoms with Crippen LogP contribution >= 0.6 is 11.3 Å². The lowest BCUT2D eigenvalue weighted by Crippen LogP contribution is -2.28. The number of sulfonamides is 1. The molecule has 4 N–H and O–H groups in total. The number of aromatic nitrogens is 2. The molecule has 14 heavy (non-hydrogen) atoms. The van der Waals surface area contributed by atoms with Gasteiger partial charge in [-0.05, 0) is 0 Å². The number of nitrogens with zero attached hydrogens (tertiary/aromatic N) is 3. The van der Waals surface area contributed by atoms with Crippen molar-refractivity contribution in [1.29, 1.82) is 0 Å². The van der Waals surface area contributed by atoms with Crippen LogP contribution < -0.4 is 15.8 Å². The fourth-order valence-electron chi connectivity index (χ4n) is 0.663. The zero-order chi connectivity index (χ0) is 10.9. The highest BCUT2D eigenvalue weighted by Gasteiger charge is 2.23. The summed E-state index contributed by atoms with van der Waals surface area (Å²) < 4.78 is 21.8. The first-order valence-corrected chi connectivity index (χ1v) is 6.03. The first-order chi connectivity index (χ1) is 6.32. The predicted molar refractivity (Wildman–Crippen MR) is 54.3 cm³/mol. The van der Waals surface area contributed by atoms with E-state index in [0.29, 0.717) is 5.13 Å². The molecular formula is C5H11N5O2S2. The average Bonchev–Trinajstić information content (AvgIpc) is 2.48. The van der Waals surface area contributed by atoms with Gasteiger partial charge in [-0.1, -0.05) is 11.3 Å². The van der Waals surface area contributed by atoms with Crippen LogP contribution in [0.2, 0.25) is 0 Å². The van der Waals surface area contributed by atoms with Crippen molar-refractivity contribution in [3.8, 4) is 0 Å². The summed E-state index contributed by atoms with van der Waals surface area (Å²) in [5.74, 6) is 0. The van der Waals surface area contributed by atoms with Gasteiger partial charge in [0.05, 0.1) is 0 Å². The smallest absolute Gasteiger partial charge is 0.231 e. The van der Waals surface area contributed by atoms with Gasteiger partial charge < -0.3 is 10.6 Å². The van der Waals surface area contributed by atoms with Gasteiger partial charge in [0.2, 0.25) is 15.2 Å². The van der Waals surface area contributed by atoms with Crippen LogP contribution in [-0.2, 0) is 10.0 Å². The second kappa shape index (κ2) is 3.77. The third-order valence-electron chi connectivity index (χ3n) is 1.41. The van der Waals surface area contributed by atoms with Gasteiger partial charge in [-0.15, -0.1) is 10.2 Å². The van der Waals surface area contributed by atoms with E-state index in [4.69, 9.17) is 10.9 Å². The minimum atomic E-state index is -3.80. The lowest BCUT2D eigenvalue weighted by molar-refractivity contribution is 0.584. The Balaban J connectivity index is 2.98. The van der Waals surface area contributed by atoms with Crippen molar-refractivity contribution in [3.63, 3.8) is 0 Å². The van der Waals surface area contributed by atoms with Gasteiger partial charge in [-0.2, -0.15) is 0 Å². The molecule has 0 bridgehead atoms. The molecule has 0 unspecified atom stereocenters. The molecule has 1 heterocycles. The molecule has 0 aliphatic rings. The quantitative estimate of drug-likeness (QED) is 0.686. The van der Waals surface area contributed by atoms with Crippen molar-refractivity contribution in [3.05, 3.63) is 5.01 Å². The summed E-state index contributed by atoms with van der Waals surface area (Å²) in [5.41, 5.74) is 5.36. The molecule has 1 rings (SSSR count). The lowest BCUT2D eigenvalue weighted by Gasteiger charge is -2.05. The molecule has 0 saturated carbocycles. The Morgan fingerprint density at radius 2 is 2.00 bits per heavy atom. The molecule has 0 saturated heterocycles. The van der Waals surface area contributed by atoms with E-state index in [1.807, 2.05) is 0 Å². The Labute approximate surface area is 85.8 Å². The normalized spacial score (nSPS) is 14.0. The van der Waals surface area contributed by atoms with Crippen molar-refractivity contribution in [2.24, 2.45) is 10.9 Å². The average molecular weight is 237 g/mol. The highest BCUT2D eigenvalue weighted by Crippen LogP contribution is 2.23. The summed E-state index contributed by atoms with van der Waals surface area (Å²) in [7, 11) is -0.260. The molecule has 1 aromatic rings. The van der Waals surface area contributed by atoms with E-state index in [9.17, 15) is 8.42 Å². The van der Waals surface area contributed by atoms with E-state index in [1.165, 1.54) is 0 Å². The Morgan fingerprint density at radius 3 is 2.36 bits per heavy atom. The van der Waals surface area contributed by atoms with Crippen LogP contribution in [0.5, 0.6) is 0 Å². The van der Waals surface area contributed by atoms with E-state index in [-0.39, 0.29) is 5.01 Å². The molecule has 80 valence electrons. The van der Waals surface area contributed by atoms with Gasteiger partial charge in [-0.3, -0.25) is 0 Å². The van der Waals surface area contributed by atoms with Crippen molar-refractivity contribution < 1.29 is 8.42 Å². The molecule has 0 aliphatic heterocycles. The van der Waals surface area contributed by atoms with Crippen LogP contribution in [0.4, 0.5) is 5.13 Å². The maximum atomic E-state index is 10.9. The fraction of sp³-hybridized carbons (Fsp3) is 0.600. The topological polar surface area (TPSA) is 115 Å². The SMILES string of the molecule is CN(C)c1nnc([C@H](N)S(N)(=O)=O)s1. The summed E-state index contributed by atoms with van der Waals surface area (Å²) in [4.78, 5) is 1.71. The number of hydrogen-bond acceptors (Lipinski definition) is 7. The van der Waals surface area contributed by atoms with E-state index in [1.54, 1.807) is 19.0 Å². The predicted octanol–water partition coefficient (Wildman–Crippen LogP) is -1.15. The summed E-state index contributed by atoms with van der Waals surface area (Å²) in [6.07, 6.45) is 0. The lowest BCUT2D eigenvalue weighted by atomic mass is 10.7. The summed E-state index contributed by atoms with van der Waals surface area (Å²) >= 11 is 1.10.